The Labute approximate surface area is 199 Å². The van der Waals surface area contributed by atoms with Gasteiger partial charge in [0.1, 0.15) is 23.9 Å². The third-order valence-electron chi connectivity index (χ3n) is 4.78. The normalized spacial score (nSPS) is 10.9. The first-order valence-electron chi connectivity index (χ1n) is 10.5. The Hall–Kier alpha value is -4.53. The number of carbonyl (C=O) groups is 1. The van der Waals surface area contributed by atoms with Gasteiger partial charge in [0.05, 0.1) is 5.56 Å². The summed E-state index contributed by atoms with van der Waals surface area (Å²) in [5.74, 6) is 0.829. The van der Waals surface area contributed by atoms with Gasteiger partial charge in [0.15, 0.2) is 0 Å². The van der Waals surface area contributed by atoms with Gasteiger partial charge in [-0.1, -0.05) is 30.3 Å². The van der Waals surface area contributed by atoms with E-state index in [2.05, 4.69) is 15.6 Å². The Bertz CT molecular complexity index is 1270. The molecule has 0 radical (unpaired) electrons. The number of hydrogen-bond donors (Lipinski definition) is 2. The van der Waals surface area contributed by atoms with Crippen LogP contribution in [0.15, 0.2) is 97.3 Å². The molecular formula is C26H20F3N3O3. The number of hydrogen-bond acceptors (Lipinski definition) is 4. The lowest BCUT2D eigenvalue weighted by Gasteiger charge is -2.16. The number of pyridine rings is 1. The second-order valence-corrected chi connectivity index (χ2v) is 7.37. The minimum absolute atomic E-state index is 0.0158. The van der Waals surface area contributed by atoms with Gasteiger partial charge < -0.3 is 20.1 Å². The average Bonchev–Trinajstić information content (AvgIpc) is 2.85. The molecule has 1 heterocycles. The standard InChI is InChI=1S/C26H20F3N3O3/c27-26(28,29)23-16-20(8-11-24(23)34-17-18-4-2-1-3-5-18)32-25(33)31-19-6-9-21(10-7-19)35-22-12-14-30-15-13-22/h1-16H,17H2,(H2,31,32,33). The van der Waals surface area contributed by atoms with Crippen LogP contribution in [0.2, 0.25) is 0 Å². The SMILES string of the molecule is O=C(Nc1ccc(Oc2ccncc2)cc1)Nc1ccc(OCc2ccccc2)c(C(F)(F)F)c1. The highest BCUT2D eigenvalue weighted by Crippen LogP contribution is 2.38. The Balaban J connectivity index is 1.39. The fourth-order valence-corrected chi connectivity index (χ4v) is 3.13. The van der Waals surface area contributed by atoms with Gasteiger partial charge in [-0.05, 0) is 60.2 Å². The Kier molecular flexibility index (Phi) is 7.15. The highest BCUT2D eigenvalue weighted by atomic mass is 19.4. The second kappa shape index (κ2) is 10.6. The summed E-state index contributed by atoms with van der Waals surface area (Å²) in [6.07, 6.45) is -1.46. The zero-order valence-corrected chi connectivity index (χ0v) is 18.3. The molecule has 0 bridgehead atoms. The fourth-order valence-electron chi connectivity index (χ4n) is 3.13. The number of carbonyl (C=O) groups excluding carboxylic acids is 1. The van der Waals surface area contributed by atoms with Crippen molar-refractivity contribution in [1.82, 2.24) is 4.98 Å². The predicted octanol–water partition coefficient (Wildman–Crippen LogP) is 7.12. The van der Waals surface area contributed by atoms with Crippen molar-refractivity contribution in [2.75, 3.05) is 10.6 Å². The molecule has 9 heteroatoms. The number of halogens is 3. The number of alkyl halides is 3. The molecule has 1 aromatic heterocycles. The molecule has 0 saturated carbocycles. The molecule has 0 aliphatic rings. The summed E-state index contributed by atoms with van der Waals surface area (Å²) in [6.45, 7) is -0.0158. The van der Waals surface area contributed by atoms with Crippen LogP contribution in [0.4, 0.5) is 29.3 Å². The largest absolute Gasteiger partial charge is 0.488 e. The van der Waals surface area contributed by atoms with Crippen molar-refractivity contribution in [1.29, 1.82) is 0 Å². The lowest BCUT2D eigenvalue weighted by Crippen LogP contribution is -2.20. The maximum absolute atomic E-state index is 13.6. The highest BCUT2D eigenvalue weighted by molar-refractivity contribution is 5.99. The minimum Gasteiger partial charge on any atom is -0.488 e. The Morgan fingerprint density at radius 1 is 0.800 bits per heavy atom. The first-order chi connectivity index (χ1) is 16.9. The number of ether oxygens (including phenoxy) is 2. The van der Waals surface area contributed by atoms with Gasteiger partial charge in [0, 0.05) is 23.8 Å². The lowest BCUT2D eigenvalue weighted by atomic mass is 10.1. The summed E-state index contributed by atoms with van der Waals surface area (Å²) in [4.78, 5) is 16.3. The maximum atomic E-state index is 13.6. The Morgan fingerprint density at radius 2 is 1.43 bits per heavy atom. The van der Waals surface area contributed by atoms with Crippen LogP contribution in [0.5, 0.6) is 17.2 Å². The van der Waals surface area contributed by atoms with E-state index in [0.29, 0.717) is 17.2 Å². The summed E-state index contributed by atoms with van der Waals surface area (Å²) < 4.78 is 51.9. The predicted molar refractivity (Wildman–Crippen MR) is 126 cm³/mol. The second-order valence-electron chi connectivity index (χ2n) is 7.37. The van der Waals surface area contributed by atoms with Crippen molar-refractivity contribution >= 4 is 17.4 Å². The van der Waals surface area contributed by atoms with Crippen LogP contribution in [0.1, 0.15) is 11.1 Å². The summed E-state index contributed by atoms with van der Waals surface area (Å²) in [5.41, 5.74) is 0.159. The van der Waals surface area contributed by atoms with E-state index in [4.69, 9.17) is 9.47 Å². The van der Waals surface area contributed by atoms with Crippen LogP contribution < -0.4 is 20.1 Å². The molecule has 2 N–H and O–H groups in total. The van der Waals surface area contributed by atoms with Gasteiger partial charge in [-0.15, -0.1) is 0 Å². The van der Waals surface area contributed by atoms with Gasteiger partial charge >= 0.3 is 12.2 Å². The van der Waals surface area contributed by atoms with Gasteiger partial charge in [-0.3, -0.25) is 4.98 Å². The van der Waals surface area contributed by atoms with Crippen molar-refractivity contribution in [2.45, 2.75) is 12.8 Å². The lowest BCUT2D eigenvalue weighted by molar-refractivity contribution is -0.139. The van der Waals surface area contributed by atoms with E-state index in [0.717, 1.165) is 11.6 Å². The molecule has 0 fully saturated rings. The molecule has 0 spiro atoms. The van der Waals surface area contributed by atoms with Crippen molar-refractivity contribution in [3.63, 3.8) is 0 Å². The molecule has 0 atom stereocenters. The molecule has 0 unspecified atom stereocenters. The number of benzene rings is 3. The maximum Gasteiger partial charge on any atom is 0.420 e. The molecule has 3 aromatic carbocycles. The first kappa shape index (κ1) is 23.6. The van der Waals surface area contributed by atoms with Crippen LogP contribution in [0.3, 0.4) is 0 Å². The van der Waals surface area contributed by atoms with Crippen LogP contribution in [0, 0.1) is 0 Å². The number of amides is 2. The summed E-state index contributed by atoms with van der Waals surface area (Å²) in [5, 5.41) is 4.99. The van der Waals surface area contributed by atoms with E-state index in [-0.39, 0.29) is 18.0 Å². The van der Waals surface area contributed by atoms with Crippen LogP contribution >= 0.6 is 0 Å². The van der Waals surface area contributed by atoms with Gasteiger partial charge in [0.2, 0.25) is 0 Å². The van der Waals surface area contributed by atoms with E-state index in [1.807, 2.05) is 0 Å². The van der Waals surface area contributed by atoms with E-state index >= 15 is 0 Å². The minimum atomic E-state index is -4.66. The van der Waals surface area contributed by atoms with E-state index in [1.165, 1.54) is 12.1 Å². The number of nitrogens with zero attached hydrogens (tertiary/aromatic N) is 1. The number of anilines is 2. The number of nitrogens with one attached hydrogen (secondary N) is 2. The van der Waals surface area contributed by atoms with Gasteiger partial charge in [-0.2, -0.15) is 13.2 Å². The van der Waals surface area contributed by atoms with Gasteiger partial charge in [0.25, 0.3) is 0 Å². The number of urea groups is 1. The van der Waals surface area contributed by atoms with Crippen molar-refractivity contribution < 1.29 is 27.4 Å². The van der Waals surface area contributed by atoms with Crippen LogP contribution in [0.25, 0.3) is 0 Å². The van der Waals surface area contributed by atoms with Crippen molar-refractivity contribution in [3.05, 3.63) is 108 Å². The average molecular weight is 479 g/mol. The van der Waals surface area contributed by atoms with Crippen LogP contribution in [-0.2, 0) is 12.8 Å². The zero-order chi connectivity index (χ0) is 24.7. The molecular weight excluding hydrogens is 459 g/mol. The first-order valence-corrected chi connectivity index (χ1v) is 10.5. The monoisotopic (exact) mass is 479 g/mol. The molecule has 35 heavy (non-hydrogen) atoms. The molecule has 2 amide bonds. The van der Waals surface area contributed by atoms with Gasteiger partial charge in [-0.25, -0.2) is 4.79 Å². The molecule has 6 nitrogen and oxygen atoms in total. The van der Waals surface area contributed by atoms with Crippen molar-refractivity contribution in [3.8, 4) is 17.2 Å². The zero-order valence-electron chi connectivity index (χ0n) is 18.3. The number of aromatic nitrogens is 1. The molecule has 0 aliphatic heterocycles. The van der Waals surface area contributed by atoms with E-state index in [1.54, 1.807) is 79.1 Å². The molecule has 4 rings (SSSR count). The smallest absolute Gasteiger partial charge is 0.420 e. The van der Waals surface area contributed by atoms with E-state index < -0.39 is 17.8 Å². The summed E-state index contributed by atoms with van der Waals surface area (Å²) in [6, 6.07) is 21.5. The topological polar surface area (TPSA) is 72.5 Å². The third-order valence-corrected chi connectivity index (χ3v) is 4.78. The summed E-state index contributed by atoms with van der Waals surface area (Å²) >= 11 is 0. The molecule has 0 aliphatic carbocycles. The number of rotatable bonds is 7. The molecule has 4 aromatic rings. The highest BCUT2D eigenvalue weighted by Gasteiger charge is 2.35. The fraction of sp³-hybridized carbons (Fsp3) is 0.0769. The third kappa shape index (κ3) is 6.73. The van der Waals surface area contributed by atoms with E-state index in [9.17, 15) is 18.0 Å². The quantitative estimate of drug-likeness (QED) is 0.296. The molecule has 178 valence electrons. The van der Waals surface area contributed by atoms with Crippen molar-refractivity contribution in [2.24, 2.45) is 0 Å². The summed E-state index contributed by atoms with van der Waals surface area (Å²) in [7, 11) is 0. The Morgan fingerprint density at radius 3 is 2.11 bits per heavy atom. The van der Waals surface area contributed by atoms with Crippen LogP contribution in [-0.4, -0.2) is 11.0 Å². The molecule has 0 saturated heterocycles.